The number of ether oxygens (including phenoxy) is 1. The lowest BCUT2D eigenvalue weighted by Crippen LogP contribution is -2.45. The van der Waals surface area contributed by atoms with Crippen LogP contribution >= 0.6 is 0 Å². The maximum absolute atomic E-state index is 14.7. The van der Waals surface area contributed by atoms with E-state index >= 15 is 0 Å². The van der Waals surface area contributed by atoms with Gasteiger partial charge in [-0.15, -0.1) is 0 Å². The van der Waals surface area contributed by atoms with Crippen molar-refractivity contribution >= 4 is 16.6 Å². The molecule has 1 aromatic carbocycles. The van der Waals surface area contributed by atoms with Crippen molar-refractivity contribution in [2.24, 2.45) is 13.0 Å². The first-order chi connectivity index (χ1) is 15.6. The van der Waals surface area contributed by atoms with E-state index in [2.05, 4.69) is 15.0 Å². The zero-order chi connectivity index (χ0) is 22.1. The van der Waals surface area contributed by atoms with Gasteiger partial charge in [0.25, 0.3) is 0 Å². The first-order valence-electron chi connectivity index (χ1n) is 11.5. The standard InChI is InChI=1S/C25H29FN4O2/c1-29-16-20(14-28-29)18-10-19-11-21(27-15-23(19)24(26)12-18)13-25(31)17-2-4-22(5-3-17)30-6-8-32-9-7-30/h10-12,14-17,22H,2-9,13H2,1H3. The highest BCUT2D eigenvalue weighted by atomic mass is 19.1. The van der Waals surface area contributed by atoms with Crippen molar-refractivity contribution in [1.29, 1.82) is 0 Å². The number of aromatic nitrogens is 3. The maximum atomic E-state index is 14.7. The molecule has 1 saturated carbocycles. The largest absolute Gasteiger partial charge is 0.379 e. The van der Waals surface area contributed by atoms with E-state index in [1.165, 1.54) is 6.07 Å². The third-order valence-electron chi connectivity index (χ3n) is 6.95. The number of hydrogen-bond acceptors (Lipinski definition) is 5. The summed E-state index contributed by atoms with van der Waals surface area (Å²) < 4.78 is 21.8. The lowest BCUT2D eigenvalue weighted by atomic mass is 9.81. The Morgan fingerprint density at radius 1 is 1.09 bits per heavy atom. The summed E-state index contributed by atoms with van der Waals surface area (Å²) in [6, 6.07) is 5.89. The predicted octanol–water partition coefficient (Wildman–Crippen LogP) is 3.78. The van der Waals surface area contributed by atoms with Gasteiger partial charge in [-0.05, 0) is 54.8 Å². The third kappa shape index (κ3) is 4.45. The van der Waals surface area contributed by atoms with Crippen molar-refractivity contribution in [3.8, 4) is 11.1 Å². The number of rotatable bonds is 5. The Morgan fingerprint density at radius 2 is 1.88 bits per heavy atom. The van der Waals surface area contributed by atoms with Crippen LogP contribution in [0.2, 0.25) is 0 Å². The molecular formula is C25H29FN4O2. The van der Waals surface area contributed by atoms with E-state index in [0.29, 0.717) is 23.5 Å². The minimum atomic E-state index is -0.312. The zero-order valence-electron chi connectivity index (χ0n) is 18.5. The molecule has 0 bridgehead atoms. The fraction of sp³-hybridized carbons (Fsp3) is 0.480. The number of pyridine rings is 1. The topological polar surface area (TPSA) is 60.2 Å². The van der Waals surface area contributed by atoms with Crippen molar-refractivity contribution in [3.05, 3.63) is 48.3 Å². The lowest BCUT2D eigenvalue weighted by molar-refractivity contribution is -0.123. The quantitative estimate of drug-likeness (QED) is 0.609. The Morgan fingerprint density at radius 3 is 2.59 bits per heavy atom. The lowest BCUT2D eigenvalue weighted by Gasteiger charge is -2.38. The van der Waals surface area contributed by atoms with E-state index in [9.17, 15) is 9.18 Å². The molecule has 3 heterocycles. The van der Waals surface area contributed by atoms with Crippen molar-refractivity contribution in [3.63, 3.8) is 0 Å². The molecule has 7 heteroatoms. The number of carbonyl (C=O) groups is 1. The van der Waals surface area contributed by atoms with Gasteiger partial charge in [0, 0.05) is 67.6 Å². The van der Waals surface area contributed by atoms with Crippen LogP contribution in [0.25, 0.3) is 21.9 Å². The monoisotopic (exact) mass is 436 g/mol. The van der Waals surface area contributed by atoms with Crippen LogP contribution < -0.4 is 0 Å². The minimum absolute atomic E-state index is 0.100. The number of morpholine rings is 1. The van der Waals surface area contributed by atoms with Crippen LogP contribution in [-0.2, 0) is 23.0 Å². The van der Waals surface area contributed by atoms with Gasteiger partial charge < -0.3 is 4.74 Å². The number of fused-ring (bicyclic) bond motifs is 1. The number of benzene rings is 1. The zero-order valence-corrected chi connectivity index (χ0v) is 18.5. The van der Waals surface area contributed by atoms with Crippen LogP contribution in [0.1, 0.15) is 31.4 Å². The Labute approximate surface area is 187 Å². The van der Waals surface area contributed by atoms with Gasteiger partial charge in [0.05, 0.1) is 19.4 Å². The molecule has 32 heavy (non-hydrogen) atoms. The van der Waals surface area contributed by atoms with Gasteiger partial charge in [0.2, 0.25) is 0 Å². The van der Waals surface area contributed by atoms with Gasteiger partial charge in [0.15, 0.2) is 0 Å². The Hall–Kier alpha value is -2.64. The van der Waals surface area contributed by atoms with Crippen LogP contribution in [0.5, 0.6) is 0 Å². The molecule has 2 fully saturated rings. The molecule has 5 rings (SSSR count). The predicted molar refractivity (Wildman–Crippen MR) is 121 cm³/mol. The van der Waals surface area contributed by atoms with Crippen LogP contribution in [0.3, 0.4) is 0 Å². The fourth-order valence-corrected chi connectivity index (χ4v) is 5.12. The number of aryl methyl sites for hydroxylation is 1. The summed E-state index contributed by atoms with van der Waals surface area (Å²) >= 11 is 0. The second-order valence-electron chi connectivity index (χ2n) is 9.05. The number of ketones is 1. The Balaban J connectivity index is 1.27. The minimum Gasteiger partial charge on any atom is -0.379 e. The maximum Gasteiger partial charge on any atom is 0.141 e. The molecule has 3 aromatic rings. The van der Waals surface area contributed by atoms with E-state index in [1.807, 2.05) is 25.4 Å². The number of Topliss-reactive ketones (excluding diaryl/α,β-unsaturated/α-hetero) is 1. The summed E-state index contributed by atoms with van der Waals surface area (Å²) in [5, 5.41) is 5.41. The summed E-state index contributed by atoms with van der Waals surface area (Å²) in [5.41, 5.74) is 2.34. The molecule has 0 radical (unpaired) electrons. The van der Waals surface area contributed by atoms with E-state index < -0.39 is 0 Å². The molecule has 0 unspecified atom stereocenters. The van der Waals surface area contributed by atoms with Crippen LogP contribution in [0.4, 0.5) is 4.39 Å². The summed E-state index contributed by atoms with van der Waals surface area (Å²) in [4.78, 5) is 19.9. The molecule has 1 aliphatic carbocycles. The smallest absolute Gasteiger partial charge is 0.141 e. The first kappa shape index (κ1) is 21.2. The number of halogens is 1. The van der Waals surface area contributed by atoms with Gasteiger partial charge in [-0.1, -0.05) is 0 Å². The van der Waals surface area contributed by atoms with Gasteiger partial charge in [-0.2, -0.15) is 5.10 Å². The van der Waals surface area contributed by atoms with Crippen molar-refractivity contribution in [2.75, 3.05) is 26.3 Å². The fourth-order valence-electron chi connectivity index (χ4n) is 5.12. The van der Waals surface area contributed by atoms with Crippen molar-refractivity contribution < 1.29 is 13.9 Å². The molecule has 0 N–H and O–H groups in total. The van der Waals surface area contributed by atoms with Crippen molar-refractivity contribution in [2.45, 2.75) is 38.1 Å². The van der Waals surface area contributed by atoms with E-state index in [-0.39, 0.29) is 17.5 Å². The summed E-state index contributed by atoms with van der Waals surface area (Å²) in [6.07, 6.45) is 9.46. The highest BCUT2D eigenvalue weighted by Crippen LogP contribution is 2.30. The van der Waals surface area contributed by atoms with Gasteiger partial charge >= 0.3 is 0 Å². The highest BCUT2D eigenvalue weighted by molar-refractivity contribution is 5.89. The van der Waals surface area contributed by atoms with Crippen LogP contribution in [0.15, 0.2) is 36.8 Å². The molecule has 1 aliphatic heterocycles. The SMILES string of the molecule is Cn1cc(-c2cc(F)c3cnc(CC(=O)C4CCC(N5CCOCC5)CC4)cc3c2)cn1. The molecule has 2 aromatic heterocycles. The van der Waals surface area contributed by atoms with E-state index in [0.717, 1.165) is 68.5 Å². The molecule has 2 aliphatic rings. The molecule has 1 saturated heterocycles. The average Bonchev–Trinajstić information content (AvgIpc) is 3.26. The normalized spacial score (nSPS) is 22.3. The van der Waals surface area contributed by atoms with Crippen molar-refractivity contribution in [1.82, 2.24) is 19.7 Å². The van der Waals surface area contributed by atoms with Gasteiger partial charge in [-0.3, -0.25) is 19.4 Å². The Bertz CT molecular complexity index is 1110. The Kier molecular flexibility index (Phi) is 6.02. The highest BCUT2D eigenvalue weighted by Gasteiger charge is 2.30. The second-order valence-corrected chi connectivity index (χ2v) is 9.05. The van der Waals surface area contributed by atoms with Gasteiger partial charge in [0.1, 0.15) is 11.6 Å². The summed E-state index contributed by atoms with van der Waals surface area (Å²) in [7, 11) is 1.84. The molecule has 0 atom stereocenters. The molecule has 0 spiro atoms. The first-order valence-corrected chi connectivity index (χ1v) is 11.5. The molecule has 168 valence electrons. The third-order valence-corrected chi connectivity index (χ3v) is 6.95. The van der Waals surface area contributed by atoms with E-state index in [4.69, 9.17) is 4.74 Å². The van der Waals surface area contributed by atoms with E-state index in [1.54, 1.807) is 17.1 Å². The molecule has 6 nitrogen and oxygen atoms in total. The number of carbonyl (C=O) groups excluding carboxylic acids is 1. The summed E-state index contributed by atoms with van der Waals surface area (Å²) in [6.45, 7) is 3.63. The number of nitrogens with zero attached hydrogens (tertiary/aromatic N) is 4. The molecule has 0 amide bonds. The average molecular weight is 437 g/mol. The van der Waals surface area contributed by atoms with Crippen LogP contribution in [0, 0.1) is 11.7 Å². The molecular weight excluding hydrogens is 407 g/mol. The summed E-state index contributed by atoms with van der Waals surface area (Å²) in [5.74, 6) is 0.0394. The van der Waals surface area contributed by atoms with Crippen LogP contribution in [-0.4, -0.2) is 57.8 Å². The van der Waals surface area contributed by atoms with Gasteiger partial charge in [-0.25, -0.2) is 4.39 Å². The number of hydrogen-bond donors (Lipinski definition) is 0. The second kappa shape index (κ2) is 9.08.